The van der Waals surface area contributed by atoms with Crippen molar-refractivity contribution in [2.75, 3.05) is 7.05 Å². The molecule has 0 aliphatic rings. The highest BCUT2D eigenvalue weighted by atomic mass is 16.5. The molecular formula is C14H19N3O2. The average Bonchev–Trinajstić information content (AvgIpc) is 2.93. The molecule has 0 amide bonds. The number of benzene rings is 1. The van der Waals surface area contributed by atoms with Gasteiger partial charge in [0.2, 0.25) is 11.7 Å². The Morgan fingerprint density at radius 2 is 2.05 bits per heavy atom. The zero-order valence-corrected chi connectivity index (χ0v) is 11.5. The van der Waals surface area contributed by atoms with Gasteiger partial charge in [0.25, 0.3) is 0 Å². The van der Waals surface area contributed by atoms with Crippen LogP contribution in [-0.2, 0) is 13.0 Å². The van der Waals surface area contributed by atoms with E-state index in [9.17, 15) is 0 Å². The van der Waals surface area contributed by atoms with Crippen LogP contribution in [-0.4, -0.2) is 17.2 Å². The average molecular weight is 261 g/mol. The Balaban J connectivity index is 1.92. The molecular weight excluding hydrogens is 242 g/mol. The van der Waals surface area contributed by atoms with Gasteiger partial charge < -0.3 is 14.6 Å². The first-order chi connectivity index (χ1) is 9.22. The summed E-state index contributed by atoms with van der Waals surface area (Å²) in [5.74, 6) is 2.01. The van der Waals surface area contributed by atoms with Crippen molar-refractivity contribution in [2.24, 2.45) is 0 Å². The summed E-state index contributed by atoms with van der Waals surface area (Å²) in [5, 5.41) is 7.03. The molecule has 1 aromatic carbocycles. The smallest absolute Gasteiger partial charge is 0.226 e. The number of aryl methyl sites for hydroxylation is 1. The minimum absolute atomic E-state index is 0.324. The molecule has 1 heterocycles. The lowest BCUT2D eigenvalue weighted by atomic mass is 10.1. The SMILES string of the molecule is CCc1nc(COc2ccc(C(C)NC)cc2)no1. The van der Waals surface area contributed by atoms with E-state index in [1.54, 1.807) is 0 Å². The van der Waals surface area contributed by atoms with Gasteiger partial charge >= 0.3 is 0 Å². The molecule has 5 heteroatoms. The third-order valence-electron chi connectivity index (χ3n) is 2.99. The van der Waals surface area contributed by atoms with E-state index in [2.05, 4.69) is 22.4 Å². The van der Waals surface area contributed by atoms with E-state index < -0.39 is 0 Å². The molecule has 0 saturated heterocycles. The molecule has 1 atom stereocenters. The van der Waals surface area contributed by atoms with Gasteiger partial charge in [0.15, 0.2) is 6.61 Å². The van der Waals surface area contributed by atoms with Crippen molar-refractivity contribution in [3.8, 4) is 5.75 Å². The first kappa shape index (κ1) is 13.5. The molecule has 2 rings (SSSR count). The summed E-state index contributed by atoms with van der Waals surface area (Å²) in [6.07, 6.45) is 0.740. The maximum Gasteiger partial charge on any atom is 0.226 e. The predicted octanol–water partition coefficient (Wildman–Crippen LogP) is 2.49. The first-order valence-electron chi connectivity index (χ1n) is 6.44. The van der Waals surface area contributed by atoms with E-state index in [1.165, 1.54) is 5.56 Å². The lowest BCUT2D eigenvalue weighted by molar-refractivity contribution is 0.285. The largest absolute Gasteiger partial charge is 0.485 e. The molecule has 2 aromatic rings. The van der Waals surface area contributed by atoms with Crippen molar-refractivity contribution < 1.29 is 9.26 Å². The Labute approximate surface area is 113 Å². The summed E-state index contributed by atoms with van der Waals surface area (Å²) in [5.41, 5.74) is 1.22. The lowest BCUT2D eigenvalue weighted by Gasteiger charge is -2.11. The second-order valence-corrected chi connectivity index (χ2v) is 4.33. The number of hydrogen-bond donors (Lipinski definition) is 1. The van der Waals surface area contributed by atoms with Crippen LogP contribution in [0.1, 0.15) is 37.2 Å². The maximum absolute atomic E-state index is 5.61. The summed E-state index contributed by atoms with van der Waals surface area (Å²) < 4.78 is 10.6. The molecule has 0 aliphatic carbocycles. The zero-order chi connectivity index (χ0) is 13.7. The third kappa shape index (κ3) is 3.54. The fourth-order valence-electron chi connectivity index (χ4n) is 1.66. The van der Waals surface area contributed by atoms with Gasteiger partial charge in [0, 0.05) is 12.5 Å². The first-order valence-corrected chi connectivity index (χ1v) is 6.44. The Morgan fingerprint density at radius 3 is 2.63 bits per heavy atom. The van der Waals surface area contributed by atoms with E-state index in [4.69, 9.17) is 9.26 Å². The second-order valence-electron chi connectivity index (χ2n) is 4.33. The van der Waals surface area contributed by atoms with E-state index >= 15 is 0 Å². The quantitative estimate of drug-likeness (QED) is 0.865. The highest BCUT2D eigenvalue weighted by molar-refractivity contribution is 5.28. The Kier molecular flexibility index (Phi) is 4.52. The fourth-order valence-corrected chi connectivity index (χ4v) is 1.66. The Morgan fingerprint density at radius 1 is 1.32 bits per heavy atom. The van der Waals surface area contributed by atoms with Gasteiger partial charge in [-0.1, -0.05) is 24.2 Å². The standard InChI is InChI=1S/C14H19N3O2/c1-4-14-16-13(17-19-14)9-18-12-7-5-11(6-8-12)10(2)15-3/h5-8,10,15H,4,9H2,1-3H3. The van der Waals surface area contributed by atoms with Gasteiger partial charge in [-0.25, -0.2) is 0 Å². The van der Waals surface area contributed by atoms with Crippen LogP contribution in [0.5, 0.6) is 5.75 Å². The van der Waals surface area contributed by atoms with Gasteiger partial charge in [0.1, 0.15) is 5.75 Å². The van der Waals surface area contributed by atoms with Crippen LogP contribution in [0.3, 0.4) is 0 Å². The molecule has 1 N–H and O–H groups in total. The summed E-state index contributed by atoms with van der Waals surface area (Å²) in [7, 11) is 1.94. The number of rotatable bonds is 6. The van der Waals surface area contributed by atoms with E-state index in [1.807, 2.05) is 38.2 Å². The van der Waals surface area contributed by atoms with Crippen LogP contribution in [0.15, 0.2) is 28.8 Å². The van der Waals surface area contributed by atoms with Crippen LogP contribution in [0, 0.1) is 0 Å². The van der Waals surface area contributed by atoms with E-state index in [-0.39, 0.29) is 0 Å². The van der Waals surface area contributed by atoms with Gasteiger partial charge in [0.05, 0.1) is 0 Å². The molecule has 1 aromatic heterocycles. The summed E-state index contributed by atoms with van der Waals surface area (Å²) in [6.45, 7) is 4.41. The van der Waals surface area contributed by atoms with Crippen molar-refractivity contribution in [3.63, 3.8) is 0 Å². The van der Waals surface area contributed by atoms with Crippen molar-refractivity contribution >= 4 is 0 Å². The monoisotopic (exact) mass is 261 g/mol. The van der Waals surface area contributed by atoms with Gasteiger partial charge in [-0.15, -0.1) is 0 Å². The molecule has 1 unspecified atom stereocenters. The van der Waals surface area contributed by atoms with Crippen LogP contribution >= 0.6 is 0 Å². The van der Waals surface area contributed by atoms with Crippen LogP contribution in [0.4, 0.5) is 0 Å². The van der Waals surface area contributed by atoms with Crippen LogP contribution in [0.2, 0.25) is 0 Å². The molecule has 5 nitrogen and oxygen atoms in total. The highest BCUT2D eigenvalue weighted by Crippen LogP contribution is 2.17. The molecule has 0 radical (unpaired) electrons. The van der Waals surface area contributed by atoms with E-state index in [0.717, 1.165) is 12.2 Å². The molecule has 0 spiro atoms. The third-order valence-corrected chi connectivity index (χ3v) is 2.99. The second kappa shape index (κ2) is 6.33. The number of nitrogens with one attached hydrogen (secondary N) is 1. The Bertz CT molecular complexity index is 508. The minimum atomic E-state index is 0.324. The van der Waals surface area contributed by atoms with Crippen molar-refractivity contribution in [1.82, 2.24) is 15.5 Å². The van der Waals surface area contributed by atoms with Crippen molar-refractivity contribution in [1.29, 1.82) is 0 Å². The van der Waals surface area contributed by atoms with E-state index in [0.29, 0.717) is 24.4 Å². The van der Waals surface area contributed by atoms with Crippen molar-refractivity contribution in [2.45, 2.75) is 32.9 Å². The van der Waals surface area contributed by atoms with Gasteiger partial charge in [-0.3, -0.25) is 0 Å². The fraction of sp³-hybridized carbons (Fsp3) is 0.429. The highest BCUT2D eigenvalue weighted by Gasteiger charge is 2.06. The molecule has 0 bridgehead atoms. The minimum Gasteiger partial charge on any atom is -0.485 e. The summed E-state index contributed by atoms with van der Waals surface area (Å²) >= 11 is 0. The number of ether oxygens (including phenoxy) is 1. The van der Waals surface area contributed by atoms with Crippen LogP contribution < -0.4 is 10.1 Å². The molecule has 0 saturated carbocycles. The lowest BCUT2D eigenvalue weighted by Crippen LogP contribution is -2.11. The number of nitrogens with zero attached hydrogens (tertiary/aromatic N) is 2. The Hall–Kier alpha value is -1.88. The van der Waals surface area contributed by atoms with Gasteiger partial charge in [-0.05, 0) is 31.7 Å². The van der Waals surface area contributed by atoms with Crippen LogP contribution in [0.25, 0.3) is 0 Å². The number of hydrogen-bond acceptors (Lipinski definition) is 5. The topological polar surface area (TPSA) is 60.2 Å². The summed E-state index contributed by atoms with van der Waals surface area (Å²) in [4.78, 5) is 4.19. The molecule has 0 aliphatic heterocycles. The molecule has 102 valence electrons. The normalized spacial score (nSPS) is 12.4. The predicted molar refractivity (Wildman–Crippen MR) is 71.9 cm³/mol. The van der Waals surface area contributed by atoms with Gasteiger partial charge in [-0.2, -0.15) is 4.98 Å². The molecule has 19 heavy (non-hydrogen) atoms. The zero-order valence-electron chi connectivity index (χ0n) is 11.5. The summed E-state index contributed by atoms with van der Waals surface area (Å²) in [6, 6.07) is 8.32. The maximum atomic E-state index is 5.61. The number of aromatic nitrogens is 2. The van der Waals surface area contributed by atoms with Crippen molar-refractivity contribution in [3.05, 3.63) is 41.5 Å². The molecule has 0 fully saturated rings.